The smallest absolute Gasteiger partial charge is 0.207 e. The summed E-state index contributed by atoms with van der Waals surface area (Å²) in [6.45, 7) is 1.97. The van der Waals surface area contributed by atoms with Crippen molar-refractivity contribution in [2.45, 2.75) is 45.1 Å². The number of halogens is 1. The summed E-state index contributed by atoms with van der Waals surface area (Å²) in [7, 11) is 0. The lowest BCUT2D eigenvalue weighted by Gasteiger charge is -2.23. The Labute approximate surface area is 118 Å². The number of aromatic nitrogens is 2. The molecule has 0 saturated heterocycles. The molecule has 0 radical (unpaired) electrons. The van der Waals surface area contributed by atoms with Crippen molar-refractivity contribution >= 4 is 5.95 Å². The first-order valence-electron chi connectivity index (χ1n) is 7.30. The second-order valence-corrected chi connectivity index (χ2v) is 5.55. The lowest BCUT2D eigenvalue weighted by molar-refractivity contribution is 0.460. The molecule has 1 fully saturated rings. The van der Waals surface area contributed by atoms with Crippen molar-refractivity contribution in [3.63, 3.8) is 0 Å². The Kier molecular flexibility index (Phi) is 3.72. The third kappa shape index (κ3) is 2.69. The van der Waals surface area contributed by atoms with Gasteiger partial charge in [0.2, 0.25) is 5.95 Å². The van der Waals surface area contributed by atoms with Crippen molar-refractivity contribution in [3.05, 3.63) is 42.0 Å². The molecule has 0 unspecified atom stereocenters. The Hall–Kier alpha value is -1.84. The molecule has 1 aliphatic carbocycles. The second kappa shape index (κ2) is 5.65. The van der Waals surface area contributed by atoms with Crippen molar-refractivity contribution in [3.8, 4) is 5.69 Å². The molecule has 20 heavy (non-hydrogen) atoms. The van der Waals surface area contributed by atoms with Gasteiger partial charge in [-0.1, -0.05) is 25.3 Å². The molecule has 3 rings (SSSR count). The number of nitrogens with zero attached hydrogens (tertiary/aromatic N) is 2. The molecule has 0 amide bonds. The molecule has 1 heterocycles. The van der Waals surface area contributed by atoms with E-state index in [1.54, 1.807) is 16.8 Å². The van der Waals surface area contributed by atoms with Crippen LogP contribution in [-0.2, 0) is 0 Å². The molecule has 3 nitrogen and oxygen atoms in total. The van der Waals surface area contributed by atoms with Crippen molar-refractivity contribution in [1.82, 2.24) is 9.55 Å². The Morgan fingerprint density at radius 1 is 1.25 bits per heavy atom. The van der Waals surface area contributed by atoms with Crippen LogP contribution in [0.15, 0.2) is 30.6 Å². The molecule has 4 heteroatoms. The third-order valence-electron chi connectivity index (χ3n) is 3.94. The zero-order valence-electron chi connectivity index (χ0n) is 11.8. The van der Waals surface area contributed by atoms with Crippen LogP contribution in [0.3, 0.4) is 0 Å². The first-order valence-corrected chi connectivity index (χ1v) is 7.30. The summed E-state index contributed by atoms with van der Waals surface area (Å²) in [5.74, 6) is 0.515. The van der Waals surface area contributed by atoms with Crippen LogP contribution in [0.2, 0.25) is 0 Å². The zero-order valence-corrected chi connectivity index (χ0v) is 11.8. The van der Waals surface area contributed by atoms with Gasteiger partial charge >= 0.3 is 0 Å². The number of hydrogen-bond donors (Lipinski definition) is 1. The van der Waals surface area contributed by atoms with Crippen LogP contribution in [0.25, 0.3) is 5.69 Å². The summed E-state index contributed by atoms with van der Waals surface area (Å²) in [4.78, 5) is 4.34. The first kappa shape index (κ1) is 13.2. The second-order valence-electron chi connectivity index (χ2n) is 5.55. The van der Waals surface area contributed by atoms with E-state index in [-0.39, 0.29) is 5.82 Å². The van der Waals surface area contributed by atoms with Crippen molar-refractivity contribution < 1.29 is 4.39 Å². The average molecular weight is 273 g/mol. The van der Waals surface area contributed by atoms with E-state index >= 15 is 0 Å². The maximum atomic E-state index is 14.0. The van der Waals surface area contributed by atoms with Crippen LogP contribution in [-0.4, -0.2) is 15.6 Å². The quantitative estimate of drug-likeness (QED) is 0.913. The zero-order chi connectivity index (χ0) is 13.9. The molecule has 0 atom stereocenters. The Bertz CT molecular complexity index is 585. The SMILES string of the molecule is Cc1ccc(F)c(-n2ccnc2NC2CCCCC2)c1. The van der Waals surface area contributed by atoms with E-state index in [0.29, 0.717) is 11.7 Å². The molecule has 1 N–H and O–H groups in total. The van der Waals surface area contributed by atoms with Crippen molar-refractivity contribution in [2.24, 2.45) is 0 Å². The maximum Gasteiger partial charge on any atom is 0.207 e. The normalized spacial score (nSPS) is 16.3. The summed E-state index contributed by atoms with van der Waals surface area (Å²) in [5, 5.41) is 3.46. The van der Waals surface area contributed by atoms with Gasteiger partial charge in [0.05, 0.1) is 5.69 Å². The minimum Gasteiger partial charge on any atom is -0.353 e. The fraction of sp³-hybridized carbons (Fsp3) is 0.438. The van der Waals surface area contributed by atoms with E-state index in [1.165, 1.54) is 38.2 Å². The number of aryl methyl sites for hydroxylation is 1. The summed E-state index contributed by atoms with van der Waals surface area (Å²) < 4.78 is 15.8. The molecule has 1 aromatic carbocycles. The molecular weight excluding hydrogens is 253 g/mol. The highest BCUT2D eigenvalue weighted by Gasteiger charge is 2.16. The van der Waals surface area contributed by atoms with Gasteiger partial charge in [-0.2, -0.15) is 0 Å². The van der Waals surface area contributed by atoms with E-state index < -0.39 is 0 Å². The lowest BCUT2D eigenvalue weighted by Crippen LogP contribution is -2.24. The minimum atomic E-state index is -0.222. The summed E-state index contributed by atoms with van der Waals surface area (Å²) in [6, 6.07) is 5.60. The van der Waals surface area contributed by atoms with Gasteiger partial charge in [-0.15, -0.1) is 0 Å². The topological polar surface area (TPSA) is 29.9 Å². The Morgan fingerprint density at radius 3 is 2.85 bits per heavy atom. The molecule has 1 saturated carbocycles. The van der Waals surface area contributed by atoms with Gasteiger partial charge in [0.15, 0.2) is 0 Å². The van der Waals surface area contributed by atoms with Crippen LogP contribution in [0.5, 0.6) is 0 Å². The van der Waals surface area contributed by atoms with E-state index in [2.05, 4.69) is 10.3 Å². The number of rotatable bonds is 3. The van der Waals surface area contributed by atoms with E-state index in [0.717, 1.165) is 11.5 Å². The number of nitrogens with one attached hydrogen (secondary N) is 1. The van der Waals surface area contributed by atoms with E-state index in [9.17, 15) is 4.39 Å². The van der Waals surface area contributed by atoms with Gasteiger partial charge in [-0.3, -0.25) is 4.57 Å². The molecule has 0 aliphatic heterocycles. The fourth-order valence-electron chi connectivity index (χ4n) is 2.84. The summed E-state index contributed by atoms with van der Waals surface area (Å²) >= 11 is 0. The average Bonchev–Trinajstić information content (AvgIpc) is 2.91. The molecule has 2 aromatic rings. The highest BCUT2D eigenvalue weighted by Crippen LogP contribution is 2.24. The number of hydrogen-bond acceptors (Lipinski definition) is 2. The lowest BCUT2D eigenvalue weighted by atomic mass is 9.96. The molecule has 106 valence electrons. The van der Waals surface area contributed by atoms with Gasteiger partial charge in [0, 0.05) is 18.4 Å². The Morgan fingerprint density at radius 2 is 2.05 bits per heavy atom. The van der Waals surface area contributed by atoms with Gasteiger partial charge in [-0.25, -0.2) is 9.37 Å². The van der Waals surface area contributed by atoms with Crippen LogP contribution < -0.4 is 5.32 Å². The monoisotopic (exact) mass is 273 g/mol. The molecule has 1 aromatic heterocycles. The molecule has 0 spiro atoms. The van der Waals surface area contributed by atoms with Gasteiger partial charge in [-0.05, 0) is 37.5 Å². The van der Waals surface area contributed by atoms with Crippen LogP contribution in [0.1, 0.15) is 37.7 Å². The Balaban J connectivity index is 1.87. The third-order valence-corrected chi connectivity index (χ3v) is 3.94. The number of anilines is 1. The number of imidazole rings is 1. The molecule has 1 aliphatic rings. The first-order chi connectivity index (χ1) is 9.74. The van der Waals surface area contributed by atoms with Gasteiger partial charge < -0.3 is 5.32 Å². The largest absolute Gasteiger partial charge is 0.353 e. The van der Waals surface area contributed by atoms with Crippen LogP contribution >= 0.6 is 0 Å². The predicted octanol–water partition coefficient (Wildman–Crippen LogP) is 4.06. The standard InChI is InChI=1S/C16H20FN3/c1-12-7-8-14(17)15(11-12)20-10-9-18-16(20)19-13-5-3-2-4-6-13/h7-11,13H,2-6H2,1H3,(H,18,19). The van der Waals surface area contributed by atoms with Gasteiger partial charge in [0.1, 0.15) is 5.82 Å². The number of benzene rings is 1. The van der Waals surface area contributed by atoms with Gasteiger partial charge in [0.25, 0.3) is 0 Å². The highest BCUT2D eigenvalue weighted by molar-refractivity contribution is 5.44. The minimum absolute atomic E-state index is 0.222. The van der Waals surface area contributed by atoms with Crippen LogP contribution in [0, 0.1) is 12.7 Å². The van der Waals surface area contributed by atoms with Crippen molar-refractivity contribution in [2.75, 3.05) is 5.32 Å². The summed E-state index contributed by atoms with van der Waals surface area (Å²) in [6.07, 6.45) is 9.70. The molecular formula is C16H20FN3. The van der Waals surface area contributed by atoms with Crippen LogP contribution in [0.4, 0.5) is 10.3 Å². The van der Waals surface area contributed by atoms with E-state index in [1.807, 2.05) is 19.2 Å². The fourth-order valence-corrected chi connectivity index (χ4v) is 2.84. The van der Waals surface area contributed by atoms with Crippen molar-refractivity contribution in [1.29, 1.82) is 0 Å². The summed E-state index contributed by atoms with van der Waals surface area (Å²) in [5.41, 5.74) is 1.60. The van der Waals surface area contributed by atoms with E-state index in [4.69, 9.17) is 0 Å². The highest BCUT2D eigenvalue weighted by atomic mass is 19.1. The molecule has 0 bridgehead atoms. The maximum absolute atomic E-state index is 14.0. The predicted molar refractivity (Wildman–Crippen MR) is 78.8 cm³/mol.